The van der Waals surface area contributed by atoms with E-state index < -0.39 is 0 Å². The molecule has 0 aliphatic heterocycles. The van der Waals surface area contributed by atoms with E-state index in [1.807, 2.05) is 19.1 Å². The van der Waals surface area contributed by atoms with Crippen molar-refractivity contribution in [2.45, 2.75) is 18.8 Å². The molecule has 1 aromatic rings. The van der Waals surface area contributed by atoms with E-state index >= 15 is 0 Å². The molecule has 0 aromatic heterocycles. The Morgan fingerprint density at radius 1 is 1.27 bits per heavy atom. The number of hydrogen-bond donors (Lipinski definition) is 0. The first-order chi connectivity index (χ1) is 7.14. The molecule has 1 unspecified atom stereocenters. The third kappa shape index (κ3) is 1.25. The second-order valence-electron chi connectivity index (χ2n) is 3.99. The summed E-state index contributed by atoms with van der Waals surface area (Å²) in [4.78, 5) is 0. The van der Waals surface area contributed by atoms with Gasteiger partial charge < -0.3 is 9.47 Å². The fourth-order valence-electron chi connectivity index (χ4n) is 2.05. The van der Waals surface area contributed by atoms with Gasteiger partial charge in [0.05, 0.1) is 25.7 Å². The molecule has 0 heterocycles. The summed E-state index contributed by atoms with van der Waals surface area (Å²) in [7, 11) is 3.22. The highest BCUT2D eigenvalue weighted by Gasteiger charge is 2.39. The molecule has 2 rings (SSSR count). The van der Waals surface area contributed by atoms with Crippen molar-refractivity contribution < 1.29 is 9.47 Å². The third-order valence-electron chi connectivity index (χ3n) is 2.99. The summed E-state index contributed by atoms with van der Waals surface area (Å²) in [5, 5.41) is 9.06. The van der Waals surface area contributed by atoms with Crippen LogP contribution < -0.4 is 9.47 Å². The lowest BCUT2D eigenvalue weighted by molar-refractivity contribution is 0.350. The van der Waals surface area contributed by atoms with Crippen molar-refractivity contribution in [2.75, 3.05) is 14.2 Å². The highest BCUT2D eigenvalue weighted by atomic mass is 16.5. The Morgan fingerprint density at radius 3 is 2.40 bits per heavy atom. The van der Waals surface area contributed by atoms with Gasteiger partial charge >= 0.3 is 0 Å². The van der Waals surface area contributed by atoms with E-state index in [9.17, 15) is 0 Å². The summed E-state index contributed by atoms with van der Waals surface area (Å²) in [6.45, 7) is 1.95. The maximum atomic E-state index is 9.06. The van der Waals surface area contributed by atoms with Gasteiger partial charge in [-0.1, -0.05) is 0 Å². The number of benzene rings is 1. The van der Waals surface area contributed by atoms with E-state index in [4.69, 9.17) is 14.7 Å². The fourth-order valence-corrected chi connectivity index (χ4v) is 2.05. The molecule has 0 radical (unpaired) electrons. The average Bonchev–Trinajstić information content (AvgIpc) is 2.26. The first-order valence-corrected chi connectivity index (χ1v) is 4.81. The monoisotopic (exact) mass is 203 g/mol. The average molecular weight is 203 g/mol. The van der Waals surface area contributed by atoms with Crippen LogP contribution in [-0.4, -0.2) is 14.2 Å². The molecule has 0 spiro atoms. The molecule has 15 heavy (non-hydrogen) atoms. The van der Waals surface area contributed by atoms with Crippen LogP contribution in [0.15, 0.2) is 12.1 Å². The van der Waals surface area contributed by atoms with Gasteiger partial charge in [-0.25, -0.2) is 0 Å². The van der Waals surface area contributed by atoms with Gasteiger partial charge in [-0.3, -0.25) is 0 Å². The van der Waals surface area contributed by atoms with Gasteiger partial charge in [0.25, 0.3) is 0 Å². The topological polar surface area (TPSA) is 42.2 Å². The summed E-state index contributed by atoms with van der Waals surface area (Å²) < 4.78 is 10.4. The Bertz CT molecular complexity index is 448. The predicted molar refractivity (Wildman–Crippen MR) is 56.2 cm³/mol. The molecular formula is C12H13NO2. The Labute approximate surface area is 89.2 Å². The van der Waals surface area contributed by atoms with Crippen molar-refractivity contribution in [1.29, 1.82) is 5.26 Å². The number of ether oxygens (including phenoxy) is 2. The number of nitrogens with zero attached hydrogens (tertiary/aromatic N) is 1. The number of methoxy groups -OCH3 is 2. The molecule has 0 bridgehead atoms. The van der Waals surface area contributed by atoms with Gasteiger partial charge in [0.2, 0.25) is 0 Å². The Morgan fingerprint density at radius 2 is 1.87 bits per heavy atom. The standard InChI is InChI=1S/C12H13NO2/c1-12(7-13)6-8-4-10(14-2)11(15-3)5-9(8)12/h4-5H,6H2,1-3H3. The minimum atomic E-state index is -0.352. The zero-order valence-electron chi connectivity index (χ0n) is 9.13. The summed E-state index contributed by atoms with van der Waals surface area (Å²) in [6.07, 6.45) is 0.791. The van der Waals surface area contributed by atoms with Gasteiger partial charge in [-0.05, 0) is 36.6 Å². The molecule has 0 amide bonds. The molecule has 1 aromatic carbocycles. The molecule has 1 atom stereocenters. The van der Waals surface area contributed by atoms with Crippen LogP contribution in [0, 0.1) is 11.3 Å². The minimum absolute atomic E-state index is 0.352. The van der Waals surface area contributed by atoms with Crippen LogP contribution in [0.3, 0.4) is 0 Å². The van der Waals surface area contributed by atoms with Crippen molar-refractivity contribution in [1.82, 2.24) is 0 Å². The lowest BCUT2D eigenvalue weighted by atomic mass is 9.66. The second kappa shape index (κ2) is 3.16. The maximum Gasteiger partial charge on any atom is 0.161 e. The van der Waals surface area contributed by atoms with E-state index in [-0.39, 0.29) is 5.41 Å². The maximum absolute atomic E-state index is 9.06. The van der Waals surface area contributed by atoms with Crippen LogP contribution in [-0.2, 0) is 11.8 Å². The van der Waals surface area contributed by atoms with Gasteiger partial charge in [0.1, 0.15) is 0 Å². The van der Waals surface area contributed by atoms with Crippen molar-refractivity contribution in [2.24, 2.45) is 0 Å². The van der Waals surface area contributed by atoms with Crippen LogP contribution in [0.2, 0.25) is 0 Å². The van der Waals surface area contributed by atoms with Gasteiger partial charge in [0.15, 0.2) is 11.5 Å². The smallest absolute Gasteiger partial charge is 0.161 e. The lowest BCUT2D eigenvalue weighted by Crippen LogP contribution is -2.34. The largest absolute Gasteiger partial charge is 0.493 e. The van der Waals surface area contributed by atoms with Crippen LogP contribution in [0.1, 0.15) is 18.1 Å². The molecule has 1 aliphatic carbocycles. The van der Waals surface area contributed by atoms with E-state index in [1.54, 1.807) is 14.2 Å². The van der Waals surface area contributed by atoms with Crippen molar-refractivity contribution in [3.05, 3.63) is 23.3 Å². The van der Waals surface area contributed by atoms with E-state index in [0.29, 0.717) is 5.75 Å². The predicted octanol–water partition coefficient (Wildman–Crippen LogP) is 2.04. The fraction of sp³-hybridized carbons (Fsp3) is 0.417. The molecule has 0 N–H and O–H groups in total. The Balaban J connectivity index is 2.51. The van der Waals surface area contributed by atoms with Crippen LogP contribution >= 0.6 is 0 Å². The zero-order chi connectivity index (χ0) is 11.1. The van der Waals surface area contributed by atoms with Crippen LogP contribution in [0.25, 0.3) is 0 Å². The molecule has 0 fully saturated rings. The molecule has 3 heteroatoms. The van der Waals surface area contributed by atoms with Gasteiger partial charge in [-0.15, -0.1) is 0 Å². The van der Waals surface area contributed by atoms with Gasteiger partial charge in [0, 0.05) is 0 Å². The van der Waals surface area contributed by atoms with E-state index in [2.05, 4.69) is 6.07 Å². The van der Waals surface area contributed by atoms with Crippen LogP contribution in [0.5, 0.6) is 11.5 Å². The lowest BCUT2D eigenvalue weighted by Gasteiger charge is -2.35. The Kier molecular flexibility index (Phi) is 2.08. The van der Waals surface area contributed by atoms with Crippen molar-refractivity contribution in [3.8, 4) is 17.6 Å². The summed E-state index contributed by atoms with van der Waals surface area (Å²) >= 11 is 0. The molecular weight excluding hydrogens is 190 g/mol. The second-order valence-corrected chi connectivity index (χ2v) is 3.99. The summed E-state index contributed by atoms with van der Waals surface area (Å²) in [5.41, 5.74) is 1.88. The molecule has 3 nitrogen and oxygen atoms in total. The highest BCUT2D eigenvalue weighted by Crippen LogP contribution is 2.45. The first kappa shape index (κ1) is 9.85. The van der Waals surface area contributed by atoms with Gasteiger partial charge in [-0.2, -0.15) is 5.26 Å². The van der Waals surface area contributed by atoms with Crippen LogP contribution in [0.4, 0.5) is 0 Å². The normalized spacial score (nSPS) is 22.3. The Hall–Kier alpha value is -1.69. The molecule has 0 saturated carbocycles. The zero-order valence-corrected chi connectivity index (χ0v) is 9.13. The number of rotatable bonds is 2. The van der Waals surface area contributed by atoms with Crippen molar-refractivity contribution >= 4 is 0 Å². The number of nitriles is 1. The summed E-state index contributed by atoms with van der Waals surface area (Å²) in [5.74, 6) is 1.42. The van der Waals surface area contributed by atoms with Crippen molar-refractivity contribution in [3.63, 3.8) is 0 Å². The van der Waals surface area contributed by atoms with E-state index in [1.165, 1.54) is 5.56 Å². The molecule has 1 aliphatic rings. The number of hydrogen-bond acceptors (Lipinski definition) is 3. The minimum Gasteiger partial charge on any atom is -0.493 e. The molecule has 0 saturated heterocycles. The summed E-state index contributed by atoms with van der Waals surface area (Å²) in [6, 6.07) is 6.18. The quantitative estimate of drug-likeness (QED) is 0.738. The first-order valence-electron chi connectivity index (χ1n) is 4.81. The number of fused-ring (bicyclic) bond motifs is 1. The highest BCUT2D eigenvalue weighted by molar-refractivity contribution is 5.57. The SMILES string of the molecule is COc1cc2c(cc1OC)C(C)(C#N)C2. The third-order valence-corrected chi connectivity index (χ3v) is 2.99. The molecule has 78 valence electrons. The van der Waals surface area contributed by atoms with E-state index in [0.717, 1.165) is 17.7 Å².